The zero-order valence-corrected chi connectivity index (χ0v) is 7.83. The van der Waals surface area contributed by atoms with Gasteiger partial charge >= 0.3 is 0 Å². The van der Waals surface area contributed by atoms with Gasteiger partial charge in [-0.1, -0.05) is 0 Å². The SMILES string of the molecule is CSc1cc(NC(C)C)[nH]n1. The Morgan fingerprint density at radius 3 is 2.82 bits per heavy atom. The van der Waals surface area contributed by atoms with E-state index in [1.54, 1.807) is 11.8 Å². The van der Waals surface area contributed by atoms with Crippen LogP contribution >= 0.6 is 11.8 Å². The van der Waals surface area contributed by atoms with Crippen LogP contribution in [0.4, 0.5) is 5.82 Å². The van der Waals surface area contributed by atoms with E-state index in [9.17, 15) is 0 Å². The molecule has 0 aliphatic heterocycles. The Hall–Kier alpha value is -0.640. The Morgan fingerprint density at radius 1 is 1.64 bits per heavy atom. The molecule has 11 heavy (non-hydrogen) atoms. The minimum Gasteiger partial charge on any atom is -0.368 e. The number of nitrogens with one attached hydrogen (secondary N) is 2. The van der Waals surface area contributed by atoms with E-state index in [-0.39, 0.29) is 0 Å². The second kappa shape index (κ2) is 3.67. The molecule has 1 rings (SSSR count). The van der Waals surface area contributed by atoms with E-state index in [2.05, 4.69) is 29.4 Å². The van der Waals surface area contributed by atoms with Crippen molar-refractivity contribution in [3.05, 3.63) is 6.07 Å². The van der Waals surface area contributed by atoms with Crippen LogP contribution in [0.1, 0.15) is 13.8 Å². The zero-order valence-electron chi connectivity index (χ0n) is 7.01. The molecule has 62 valence electrons. The van der Waals surface area contributed by atoms with E-state index in [4.69, 9.17) is 0 Å². The Morgan fingerprint density at radius 2 is 2.36 bits per heavy atom. The second-order valence-corrected chi connectivity index (χ2v) is 3.45. The smallest absolute Gasteiger partial charge is 0.122 e. The predicted molar refractivity (Wildman–Crippen MR) is 49.1 cm³/mol. The molecule has 3 nitrogen and oxygen atoms in total. The first-order chi connectivity index (χ1) is 5.22. The maximum absolute atomic E-state index is 4.06. The first-order valence-corrected chi connectivity index (χ1v) is 4.81. The molecule has 2 N–H and O–H groups in total. The lowest BCUT2D eigenvalue weighted by atomic mass is 10.4. The molecule has 1 heterocycles. The van der Waals surface area contributed by atoms with Crippen molar-refractivity contribution in [3.63, 3.8) is 0 Å². The van der Waals surface area contributed by atoms with Crippen LogP contribution in [0.5, 0.6) is 0 Å². The molecular formula is C7H13N3S. The third-order valence-corrected chi connectivity index (χ3v) is 1.84. The lowest BCUT2D eigenvalue weighted by molar-refractivity contribution is 0.882. The molecule has 0 aliphatic carbocycles. The standard InChI is InChI=1S/C7H13N3S/c1-5(2)8-6-4-7(11-3)10-9-6/h4-5H,1-3H3,(H2,8,9,10). The largest absolute Gasteiger partial charge is 0.368 e. The average Bonchev–Trinajstić information content (AvgIpc) is 2.34. The van der Waals surface area contributed by atoms with Crippen LogP contribution in [0, 0.1) is 0 Å². The van der Waals surface area contributed by atoms with Gasteiger partial charge in [0.15, 0.2) is 0 Å². The molecule has 0 aliphatic rings. The molecule has 0 saturated carbocycles. The highest BCUT2D eigenvalue weighted by Gasteiger charge is 1.99. The Labute approximate surface area is 71.0 Å². The third-order valence-electron chi connectivity index (χ3n) is 1.21. The second-order valence-electron chi connectivity index (χ2n) is 2.62. The van der Waals surface area contributed by atoms with Gasteiger partial charge in [0, 0.05) is 12.1 Å². The lowest BCUT2D eigenvalue weighted by Crippen LogP contribution is -2.09. The highest BCUT2D eigenvalue weighted by Crippen LogP contribution is 2.15. The highest BCUT2D eigenvalue weighted by molar-refractivity contribution is 7.98. The van der Waals surface area contributed by atoms with E-state index in [1.165, 1.54) is 0 Å². The minimum atomic E-state index is 0.449. The summed E-state index contributed by atoms with van der Waals surface area (Å²) >= 11 is 1.63. The van der Waals surface area contributed by atoms with Crippen molar-refractivity contribution in [1.29, 1.82) is 0 Å². The topological polar surface area (TPSA) is 40.7 Å². The summed E-state index contributed by atoms with van der Waals surface area (Å²) in [7, 11) is 0. The highest BCUT2D eigenvalue weighted by atomic mass is 32.2. The van der Waals surface area contributed by atoms with Crippen LogP contribution in [0.2, 0.25) is 0 Å². The molecule has 0 atom stereocenters. The fourth-order valence-electron chi connectivity index (χ4n) is 0.793. The minimum absolute atomic E-state index is 0.449. The van der Waals surface area contributed by atoms with Gasteiger partial charge in [0.1, 0.15) is 10.8 Å². The quantitative estimate of drug-likeness (QED) is 0.683. The van der Waals surface area contributed by atoms with Crippen LogP contribution in [-0.4, -0.2) is 22.5 Å². The number of hydrogen-bond acceptors (Lipinski definition) is 3. The van der Waals surface area contributed by atoms with Crippen molar-refractivity contribution in [2.45, 2.75) is 24.9 Å². The van der Waals surface area contributed by atoms with Crippen LogP contribution in [0.3, 0.4) is 0 Å². The van der Waals surface area contributed by atoms with Gasteiger partial charge in [-0.15, -0.1) is 11.8 Å². The van der Waals surface area contributed by atoms with E-state index >= 15 is 0 Å². The number of rotatable bonds is 3. The van der Waals surface area contributed by atoms with Crippen molar-refractivity contribution in [3.8, 4) is 0 Å². The van der Waals surface area contributed by atoms with Gasteiger partial charge < -0.3 is 5.32 Å². The van der Waals surface area contributed by atoms with Gasteiger partial charge in [-0.25, -0.2) is 0 Å². The van der Waals surface area contributed by atoms with Crippen LogP contribution in [0.25, 0.3) is 0 Å². The molecule has 1 aromatic rings. The normalized spacial score (nSPS) is 10.5. The van der Waals surface area contributed by atoms with Crippen molar-refractivity contribution in [2.24, 2.45) is 0 Å². The van der Waals surface area contributed by atoms with Crippen LogP contribution in [-0.2, 0) is 0 Å². The van der Waals surface area contributed by atoms with E-state index in [0.717, 1.165) is 10.8 Å². The Balaban J connectivity index is 2.58. The molecule has 1 aromatic heterocycles. The molecule has 0 amide bonds. The number of hydrogen-bond donors (Lipinski definition) is 2. The number of H-pyrrole nitrogens is 1. The van der Waals surface area contributed by atoms with Gasteiger partial charge in [0.25, 0.3) is 0 Å². The van der Waals surface area contributed by atoms with E-state index < -0.39 is 0 Å². The van der Waals surface area contributed by atoms with E-state index in [1.807, 2.05) is 12.3 Å². The summed E-state index contributed by atoms with van der Waals surface area (Å²) < 4.78 is 0. The van der Waals surface area contributed by atoms with Crippen LogP contribution in [0.15, 0.2) is 11.1 Å². The predicted octanol–water partition coefficient (Wildman–Crippen LogP) is 1.95. The lowest BCUT2D eigenvalue weighted by Gasteiger charge is -2.04. The average molecular weight is 171 g/mol. The van der Waals surface area contributed by atoms with Gasteiger partial charge in [-0.05, 0) is 20.1 Å². The molecule has 0 saturated heterocycles. The molecular weight excluding hydrogens is 158 g/mol. The molecule has 0 unspecified atom stereocenters. The maximum atomic E-state index is 4.06. The molecule has 0 fully saturated rings. The molecule has 0 bridgehead atoms. The Kier molecular flexibility index (Phi) is 2.82. The first-order valence-electron chi connectivity index (χ1n) is 3.58. The zero-order chi connectivity index (χ0) is 8.27. The summed E-state index contributed by atoms with van der Waals surface area (Å²) in [6, 6.07) is 2.45. The van der Waals surface area contributed by atoms with Gasteiger partial charge in [0.2, 0.25) is 0 Å². The van der Waals surface area contributed by atoms with Crippen molar-refractivity contribution < 1.29 is 0 Å². The third kappa shape index (κ3) is 2.46. The van der Waals surface area contributed by atoms with Crippen molar-refractivity contribution in [1.82, 2.24) is 10.2 Å². The van der Waals surface area contributed by atoms with Crippen LogP contribution < -0.4 is 5.32 Å². The molecule has 0 spiro atoms. The summed E-state index contributed by atoms with van der Waals surface area (Å²) in [6.45, 7) is 4.19. The number of aromatic nitrogens is 2. The Bertz CT molecular complexity index is 219. The number of anilines is 1. The maximum Gasteiger partial charge on any atom is 0.122 e. The summed E-state index contributed by atoms with van der Waals surface area (Å²) in [5, 5.41) is 11.2. The number of nitrogens with zero attached hydrogens (tertiary/aromatic N) is 1. The number of aromatic amines is 1. The fraction of sp³-hybridized carbons (Fsp3) is 0.571. The summed E-state index contributed by atoms with van der Waals surface area (Å²) in [4.78, 5) is 0. The molecule has 4 heteroatoms. The molecule has 0 aromatic carbocycles. The van der Waals surface area contributed by atoms with Gasteiger partial charge in [0.05, 0.1) is 0 Å². The monoisotopic (exact) mass is 171 g/mol. The van der Waals surface area contributed by atoms with Crippen molar-refractivity contribution in [2.75, 3.05) is 11.6 Å². The first kappa shape index (κ1) is 8.46. The number of thioether (sulfide) groups is 1. The summed E-state index contributed by atoms with van der Waals surface area (Å²) in [5.74, 6) is 0.990. The van der Waals surface area contributed by atoms with Gasteiger partial charge in [-0.2, -0.15) is 5.10 Å². The molecule has 0 radical (unpaired) electrons. The summed E-state index contributed by atoms with van der Waals surface area (Å²) in [5.41, 5.74) is 0. The summed E-state index contributed by atoms with van der Waals surface area (Å²) in [6.07, 6.45) is 2.01. The fourth-order valence-corrected chi connectivity index (χ4v) is 1.17. The van der Waals surface area contributed by atoms with Crippen molar-refractivity contribution >= 4 is 17.6 Å². The van der Waals surface area contributed by atoms with Gasteiger partial charge in [-0.3, -0.25) is 5.10 Å². The van der Waals surface area contributed by atoms with E-state index in [0.29, 0.717) is 6.04 Å².